The third kappa shape index (κ3) is 3.13. The van der Waals surface area contributed by atoms with E-state index in [4.69, 9.17) is 4.74 Å². The van der Waals surface area contributed by atoms with Gasteiger partial charge in [-0.25, -0.2) is 9.97 Å². The highest BCUT2D eigenvalue weighted by molar-refractivity contribution is 5.32. The molecule has 0 aliphatic carbocycles. The van der Waals surface area contributed by atoms with Crippen molar-refractivity contribution in [3.8, 4) is 0 Å². The molecule has 1 N–H and O–H groups in total. The van der Waals surface area contributed by atoms with Crippen molar-refractivity contribution in [2.75, 3.05) is 18.5 Å². The number of nitrogens with zero attached hydrogens (tertiary/aromatic N) is 2. The van der Waals surface area contributed by atoms with E-state index in [1.165, 1.54) is 18.8 Å². The number of hydrogen-bond acceptors (Lipinski definition) is 4. The number of rotatable bonds is 3. The molecule has 1 atom stereocenters. The van der Waals surface area contributed by atoms with Crippen LogP contribution in [0.5, 0.6) is 0 Å². The van der Waals surface area contributed by atoms with Gasteiger partial charge in [0.25, 0.3) is 0 Å². The standard InChI is InChI=1S/C10H14FN3O/c11-9-5-10(14-7-13-9)12-6-8-3-1-2-4-15-8/h5,7-8H,1-4,6H2,(H,12,13,14). The molecule has 0 bridgehead atoms. The van der Waals surface area contributed by atoms with Crippen molar-refractivity contribution < 1.29 is 9.13 Å². The summed E-state index contributed by atoms with van der Waals surface area (Å²) in [6.07, 6.45) is 4.82. The van der Waals surface area contributed by atoms with Crippen LogP contribution in [-0.2, 0) is 4.74 Å². The van der Waals surface area contributed by atoms with Gasteiger partial charge in [0.2, 0.25) is 5.95 Å². The monoisotopic (exact) mass is 211 g/mol. The summed E-state index contributed by atoms with van der Waals surface area (Å²) < 4.78 is 18.2. The maximum Gasteiger partial charge on any atom is 0.217 e. The van der Waals surface area contributed by atoms with Crippen molar-refractivity contribution in [2.24, 2.45) is 0 Å². The average Bonchev–Trinajstić information content (AvgIpc) is 2.28. The maximum atomic E-state index is 12.7. The van der Waals surface area contributed by atoms with Gasteiger partial charge in [0, 0.05) is 19.2 Å². The molecule has 0 aromatic carbocycles. The topological polar surface area (TPSA) is 47.0 Å². The number of nitrogens with one attached hydrogen (secondary N) is 1. The van der Waals surface area contributed by atoms with Crippen LogP contribution in [0.25, 0.3) is 0 Å². The van der Waals surface area contributed by atoms with E-state index in [1.54, 1.807) is 0 Å². The molecule has 2 rings (SSSR count). The van der Waals surface area contributed by atoms with Crippen molar-refractivity contribution in [1.29, 1.82) is 0 Å². The lowest BCUT2D eigenvalue weighted by molar-refractivity contribution is 0.0247. The molecule has 0 radical (unpaired) electrons. The van der Waals surface area contributed by atoms with Crippen molar-refractivity contribution in [1.82, 2.24) is 9.97 Å². The normalized spacial score (nSPS) is 21.3. The Morgan fingerprint density at radius 3 is 3.13 bits per heavy atom. The van der Waals surface area contributed by atoms with Gasteiger partial charge in [0.15, 0.2) is 0 Å². The summed E-state index contributed by atoms with van der Waals surface area (Å²) in [4.78, 5) is 7.29. The van der Waals surface area contributed by atoms with Crippen LogP contribution in [0.4, 0.5) is 10.2 Å². The predicted molar refractivity (Wildman–Crippen MR) is 54.1 cm³/mol. The van der Waals surface area contributed by atoms with Crippen LogP contribution in [0, 0.1) is 5.95 Å². The molecule has 1 aliphatic rings. The fourth-order valence-electron chi connectivity index (χ4n) is 1.62. The van der Waals surface area contributed by atoms with E-state index in [1.807, 2.05) is 0 Å². The smallest absolute Gasteiger partial charge is 0.217 e. The quantitative estimate of drug-likeness (QED) is 0.771. The minimum atomic E-state index is -0.517. The molecule has 15 heavy (non-hydrogen) atoms. The zero-order chi connectivity index (χ0) is 10.5. The molecule has 0 amide bonds. The third-order valence-electron chi connectivity index (χ3n) is 2.42. The lowest BCUT2D eigenvalue weighted by atomic mass is 10.1. The fourth-order valence-corrected chi connectivity index (χ4v) is 1.62. The Labute approximate surface area is 87.9 Å². The molecule has 82 valence electrons. The lowest BCUT2D eigenvalue weighted by Gasteiger charge is -2.22. The highest BCUT2D eigenvalue weighted by Crippen LogP contribution is 2.13. The molecular formula is C10H14FN3O. The molecule has 0 saturated carbocycles. The van der Waals surface area contributed by atoms with Crippen molar-refractivity contribution in [2.45, 2.75) is 25.4 Å². The zero-order valence-corrected chi connectivity index (χ0v) is 8.45. The van der Waals surface area contributed by atoms with Crippen LogP contribution in [0.1, 0.15) is 19.3 Å². The molecule has 5 heteroatoms. The number of aromatic nitrogens is 2. The predicted octanol–water partition coefficient (Wildman–Crippen LogP) is 1.60. The fraction of sp³-hybridized carbons (Fsp3) is 0.600. The van der Waals surface area contributed by atoms with Gasteiger partial charge in [-0.15, -0.1) is 0 Å². The van der Waals surface area contributed by atoms with Gasteiger partial charge in [-0.05, 0) is 19.3 Å². The van der Waals surface area contributed by atoms with Gasteiger partial charge in [-0.2, -0.15) is 4.39 Å². The molecule has 1 fully saturated rings. The first kappa shape index (κ1) is 10.3. The van der Waals surface area contributed by atoms with Gasteiger partial charge in [-0.1, -0.05) is 0 Å². The van der Waals surface area contributed by atoms with E-state index in [0.717, 1.165) is 19.4 Å². The van der Waals surface area contributed by atoms with E-state index >= 15 is 0 Å². The summed E-state index contributed by atoms with van der Waals surface area (Å²) in [7, 11) is 0. The molecule has 0 spiro atoms. The number of ether oxygens (including phenoxy) is 1. The molecule has 1 aromatic heterocycles. The van der Waals surface area contributed by atoms with E-state index in [0.29, 0.717) is 12.4 Å². The summed E-state index contributed by atoms with van der Waals surface area (Å²) in [5.41, 5.74) is 0. The first-order chi connectivity index (χ1) is 7.34. The molecule has 1 unspecified atom stereocenters. The molecule has 1 aliphatic heterocycles. The average molecular weight is 211 g/mol. The highest BCUT2D eigenvalue weighted by Gasteiger charge is 2.13. The number of anilines is 1. The van der Waals surface area contributed by atoms with Crippen LogP contribution in [0.3, 0.4) is 0 Å². The highest BCUT2D eigenvalue weighted by atomic mass is 19.1. The summed E-state index contributed by atoms with van der Waals surface area (Å²) in [6, 6.07) is 1.28. The zero-order valence-electron chi connectivity index (χ0n) is 8.45. The van der Waals surface area contributed by atoms with Crippen LogP contribution >= 0.6 is 0 Å². The SMILES string of the molecule is Fc1cc(NCC2CCCCO2)ncn1. The Balaban J connectivity index is 1.81. The summed E-state index contributed by atoms with van der Waals surface area (Å²) in [5, 5.41) is 3.04. The Morgan fingerprint density at radius 2 is 2.40 bits per heavy atom. The van der Waals surface area contributed by atoms with Crippen molar-refractivity contribution in [3.05, 3.63) is 18.3 Å². The summed E-state index contributed by atoms with van der Waals surface area (Å²) in [6.45, 7) is 1.50. The summed E-state index contributed by atoms with van der Waals surface area (Å²) >= 11 is 0. The number of hydrogen-bond donors (Lipinski definition) is 1. The maximum absolute atomic E-state index is 12.7. The Kier molecular flexibility index (Phi) is 3.45. The van der Waals surface area contributed by atoms with Crippen LogP contribution in [0.15, 0.2) is 12.4 Å². The van der Waals surface area contributed by atoms with Crippen molar-refractivity contribution in [3.63, 3.8) is 0 Å². The number of halogens is 1. The van der Waals surface area contributed by atoms with Crippen LogP contribution in [-0.4, -0.2) is 29.2 Å². The minimum Gasteiger partial charge on any atom is -0.376 e. The molecule has 1 aromatic rings. The second-order valence-corrected chi connectivity index (χ2v) is 3.60. The van der Waals surface area contributed by atoms with Crippen molar-refractivity contribution >= 4 is 5.82 Å². The molecule has 4 nitrogen and oxygen atoms in total. The van der Waals surface area contributed by atoms with E-state index in [9.17, 15) is 4.39 Å². The largest absolute Gasteiger partial charge is 0.376 e. The minimum absolute atomic E-state index is 0.219. The van der Waals surface area contributed by atoms with Gasteiger partial charge in [0.05, 0.1) is 6.10 Å². The van der Waals surface area contributed by atoms with E-state index in [-0.39, 0.29) is 6.10 Å². The molecule has 1 saturated heterocycles. The van der Waals surface area contributed by atoms with E-state index < -0.39 is 5.95 Å². The van der Waals surface area contributed by atoms with Gasteiger partial charge in [0.1, 0.15) is 12.1 Å². The van der Waals surface area contributed by atoms with Gasteiger partial charge in [-0.3, -0.25) is 0 Å². The first-order valence-electron chi connectivity index (χ1n) is 5.17. The summed E-state index contributed by atoms with van der Waals surface area (Å²) in [5.74, 6) is -0.00580. The Bertz CT molecular complexity index is 315. The third-order valence-corrected chi connectivity index (χ3v) is 2.42. The molecule has 2 heterocycles. The Hall–Kier alpha value is -1.23. The lowest BCUT2D eigenvalue weighted by Crippen LogP contribution is -2.27. The second-order valence-electron chi connectivity index (χ2n) is 3.60. The molecular weight excluding hydrogens is 197 g/mol. The second kappa shape index (κ2) is 5.02. The Morgan fingerprint density at radius 1 is 1.47 bits per heavy atom. The van der Waals surface area contributed by atoms with Gasteiger partial charge >= 0.3 is 0 Å². The van der Waals surface area contributed by atoms with E-state index in [2.05, 4.69) is 15.3 Å². The first-order valence-corrected chi connectivity index (χ1v) is 5.17. The van der Waals surface area contributed by atoms with Gasteiger partial charge < -0.3 is 10.1 Å². The van der Waals surface area contributed by atoms with Crippen LogP contribution in [0.2, 0.25) is 0 Å². The van der Waals surface area contributed by atoms with Crippen LogP contribution < -0.4 is 5.32 Å².